The highest BCUT2D eigenvalue weighted by atomic mass is 15.4. The Kier molecular flexibility index (Phi) is 4.66. The highest BCUT2D eigenvalue weighted by Gasteiger charge is 2.19. The first-order chi connectivity index (χ1) is 10.0. The molecule has 2 N–H and O–H groups in total. The number of nitrogens with one attached hydrogen (secondary N) is 2. The Labute approximate surface area is 124 Å². The minimum Gasteiger partial charge on any atom is -0.354 e. The number of anilines is 2. The Morgan fingerprint density at radius 2 is 1.90 bits per heavy atom. The van der Waals surface area contributed by atoms with Crippen LogP contribution in [0.1, 0.15) is 40.5 Å². The fourth-order valence-corrected chi connectivity index (χ4v) is 2.06. The Morgan fingerprint density at radius 1 is 1.14 bits per heavy atom. The summed E-state index contributed by atoms with van der Waals surface area (Å²) in [4.78, 5) is 17.1. The fourth-order valence-electron chi connectivity index (χ4n) is 2.06. The second-order valence-corrected chi connectivity index (χ2v) is 5.41. The Hall–Kier alpha value is -2.25. The number of hydrogen-bond donors (Lipinski definition) is 2. The predicted molar refractivity (Wildman–Crippen MR) is 81.5 cm³/mol. The van der Waals surface area contributed by atoms with Crippen LogP contribution < -0.4 is 10.6 Å². The van der Waals surface area contributed by atoms with E-state index >= 15 is 0 Å². The zero-order valence-electron chi connectivity index (χ0n) is 13.0. The number of aromatic nitrogens is 6. The molecule has 2 heterocycles. The fraction of sp³-hybridized carbons (Fsp3) is 0.615. The van der Waals surface area contributed by atoms with E-state index in [2.05, 4.69) is 56.4 Å². The van der Waals surface area contributed by atoms with E-state index in [-0.39, 0.29) is 5.54 Å². The van der Waals surface area contributed by atoms with Crippen LogP contribution in [-0.2, 0) is 0 Å². The lowest BCUT2D eigenvalue weighted by Gasteiger charge is -2.25. The van der Waals surface area contributed by atoms with Crippen molar-refractivity contribution in [1.29, 1.82) is 0 Å². The van der Waals surface area contributed by atoms with Gasteiger partial charge in [-0.15, -0.1) is 0 Å². The molecule has 21 heavy (non-hydrogen) atoms. The molecule has 0 spiro atoms. The first-order valence-electron chi connectivity index (χ1n) is 7.17. The maximum atomic E-state index is 4.41. The van der Waals surface area contributed by atoms with Crippen LogP contribution >= 0.6 is 0 Å². The normalized spacial score (nSPS) is 11.4. The van der Waals surface area contributed by atoms with Crippen LogP contribution in [0.5, 0.6) is 0 Å². The van der Waals surface area contributed by atoms with Gasteiger partial charge in [-0.05, 0) is 27.2 Å². The lowest BCUT2D eigenvalue weighted by atomic mass is 9.99. The highest BCUT2D eigenvalue weighted by Crippen LogP contribution is 2.18. The summed E-state index contributed by atoms with van der Waals surface area (Å²) in [6.07, 6.45) is 5.12. The zero-order valence-corrected chi connectivity index (χ0v) is 13.0. The third kappa shape index (κ3) is 4.11. The van der Waals surface area contributed by atoms with Crippen molar-refractivity contribution >= 4 is 11.9 Å². The van der Waals surface area contributed by atoms with Gasteiger partial charge in [-0.3, -0.25) is 0 Å². The summed E-state index contributed by atoms with van der Waals surface area (Å²) in [5.41, 5.74) is -0.0841. The molecular weight excluding hydrogens is 268 g/mol. The van der Waals surface area contributed by atoms with Crippen LogP contribution in [0.4, 0.5) is 11.9 Å². The van der Waals surface area contributed by atoms with Crippen LogP contribution in [0, 0.1) is 0 Å². The summed E-state index contributed by atoms with van der Waals surface area (Å²) < 4.78 is 1.51. The number of nitrogens with zero attached hydrogens (tertiary/aromatic N) is 6. The van der Waals surface area contributed by atoms with Gasteiger partial charge < -0.3 is 10.6 Å². The smallest absolute Gasteiger partial charge is 0.258 e. The van der Waals surface area contributed by atoms with Crippen LogP contribution in [0.15, 0.2) is 12.7 Å². The van der Waals surface area contributed by atoms with E-state index < -0.39 is 0 Å². The Balaban J connectivity index is 2.32. The van der Waals surface area contributed by atoms with Gasteiger partial charge >= 0.3 is 0 Å². The van der Waals surface area contributed by atoms with Crippen molar-refractivity contribution in [2.24, 2.45) is 0 Å². The van der Waals surface area contributed by atoms with Gasteiger partial charge in [0.05, 0.1) is 0 Å². The van der Waals surface area contributed by atoms with Gasteiger partial charge in [-0.2, -0.15) is 24.7 Å². The van der Waals surface area contributed by atoms with Gasteiger partial charge in [0, 0.05) is 12.1 Å². The van der Waals surface area contributed by atoms with E-state index in [1.165, 1.54) is 11.0 Å². The summed E-state index contributed by atoms with van der Waals surface area (Å²) in [6, 6.07) is 0. The van der Waals surface area contributed by atoms with Crippen molar-refractivity contribution in [2.45, 2.75) is 46.1 Å². The van der Waals surface area contributed by atoms with Crippen molar-refractivity contribution in [3.8, 4) is 5.95 Å². The van der Waals surface area contributed by atoms with E-state index in [1.807, 2.05) is 6.92 Å². The van der Waals surface area contributed by atoms with Gasteiger partial charge in [0.25, 0.3) is 5.95 Å². The highest BCUT2D eigenvalue weighted by molar-refractivity contribution is 5.39. The molecule has 0 saturated heterocycles. The number of hydrogen-bond acceptors (Lipinski definition) is 7. The first-order valence-corrected chi connectivity index (χ1v) is 7.17. The van der Waals surface area contributed by atoms with Crippen molar-refractivity contribution < 1.29 is 0 Å². The summed E-state index contributed by atoms with van der Waals surface area (Å²) in [6.45, 7) is 9.14. The maximum absolute atomic E-state index is 4.41. The van der Waals surface area contributed by atoms with Crippen molar-refractivity contribution in [3.05, 3.63) is 12.7 Å². The molecule has 0 bridgehead atoms. The molecule has 8 nitrogen and oxygen atoms in total. The minimum atomic E-state index is -0.0841. The van der Waals surface area contributed by atoms with E-state index in [4.69, 9.17) is 0 Å². The third-order valence-corrected chi connectivity index (χ3v) is 2.91. The van der Waals surface area contributed by atoms with Crippen LogP contribution in [0.3, 0.4) is 0 Å². The molecule has 114 valence electrons. The van der Waals surface area contributed by atoms with Gasteiger partial charge in [0.2, 0.25) is 11.9 Å². The molecular formula is C13H22N8. The molecule has 2 aromatic rings. The van der Waals surface area contributed by atoms with E-state index in [0.717, 1.165) is 19.4 Å². The van der Waals surface area contributed by atoms with E-state index in [0.29, 0.717) is 17.8 Å². The lowest BCUT2D eigenvalue weighted by molar-refractivity contribution is 0.506. The third-order valence-electron chi connectivity index (χ3n) is 2.91. The SMILES string of the molecule is CCCC(C)(C)Nc1nc(NCC)nc(-n2cncn2)n1. The monoisotopic (exact) mass is 290 g/mol. The molecule has 0 radical (unpaired) electrons. The molecule has 0 atom stereocenters. The summed E-state index contributed by atoms with van der Waals surface area (Å²) in [7, 11) is 0. The maximum Gasteiger partial charge on any atom is 0.258 e. The first kappa shape index (κ1) is 15.1. The molecule has 2 aromatic heterocycles. The summed E-state index contributed by atoms with van der Waals surface area (Å²) in [5.74, 6) is 1.49. The molecule has 0 aliphatic rings. The molecule has 0 saturated carbocycles. The molecule has 0 unspecified atom stereocenters. The topological polar surface area (TPSA) is 93.4 Å². The average Bonchev–Trinajstić information content (AvgIpc) is 2.91. The largest absolute Gasteiger partial charge is 0.354 e. The van der Waals surface area contributed by atoms with Crippen molar-refractivity contribution in [1.82, 2.24) is 29.7 Å². The molecule has 0 fully saturated rings. The molecule has 0 aliphatic carbocycles. The van der Waals surface area contributed by atoms with Crippen molar-refractivity contribution in [2.75, 3.05) is 17.2 Å². The van der Waals surface area contributed by atoms with E-state index in [1.54, 1.807) is 6.33 Å². The standard InChI is InChI=1S/C13H22N8/c1-5-7-13(3,4)20-11-17-10(15-6-2)18-12(19-11)21-9-14-8-16-21/h8-9H,5-7H2,1-4H3,(H2,15,17,18,19,20). The van der Waals surface area contributed by atoms with E-state index in [9.17, 15) is 0 Å². The molecule has 0 amide bonds. The number of rotatable bonds is 7. The predicted octanol–water partition coefficient (Wildman–Crippen LogP) is 1.87. The average molecular weight is 290 g/mol. The Morgan fingerprint density at radius 3 is 2.52 bits per heavy atom. The van der Waals surface area contributed by atoms with Crippen molar-refractivity contribution in [3.63, 3.8) is 0 Å². The van der Waals surface area contributed by atoms with Crippen LogP contribution in [0.2, 0.25) is 0 Å². The summed E-state index contributed by atoms with van der Waals surface area (Å²) >= 11 is 0. The molecule has 8 heteroatoms. The second kappa shape index (κ2) is 6.47. The lowest BCUT2D eigenvalue weighted by Crippen LogP contribution is -2.32. The van der Waals surface area contributed by atoms with Gasteiger partial charge in [0.15, 0.2) is 0 Å². The quantitative estimate of drug-likeness (QED) is 0.804. The molecule has 0 aromatic carbocycles. The molecule has 0 aliphatic heterocycles. The van der Waals surface area contributed by atoms with Crippen LogP contribution in [0.25, 0.3) is 5.95 Å². The summed E-state index contributed by atoms with van der Waals surface area (Å²) in [5, 5.41) is 10.5. The van der Waals surface area contributed by atoms with Crippen LogP contribution in [-0.4, -0.2) is 41.8 Å². The van der Waals surface area contributed by atoms with Gasteiger partial charge in [-0.1, -0.05) is 13.3 Å². The zero-order chi connectivity index (χ0) is 15.3. The minimum absolute atomic E-state index is 0.0841. The second-order valence-electron chi connectivity index (χ2n) is 5.41. The van der Waals surface area contributed by atoms with Gasteiger partial charge in [-0.25, -0.2) is 4.98 Å². The molecule has 2 rings (SSSR count). The van der Waals surface area contributed by atoms with Gasteiger partial charge in [0.1, 0.15) is 12.7 Å². The Bertz CT molecular complexity index is 564.